The van der Waals surface area contributed by atoms with E-state index in [1.54, 1.807) is 0 Å². The molecule has 1 amide bonds. The highest BCUT2D eigenvalue weighted by atomic mass is 16.2. The molecule has 1 heterocycles. The van der Waals surface area contributed by atoms with Crippen LogP contribution < -0.4 is 0 Å². The summed E-state index contributed by atoms with van der Waals surface area (Å²) in [5.41, 5.74) is 1.43. The number of carbonyl (C=O) groups is 1. The molecule has 0 aromatic rings. The van der Waals surface area contributed by atoms with Crippen LogP contribution in [0.15, 0.2) is 11.6 Å². The zero-order chi connectivity index (χ0) is 9.97. The minimum atomic E-state index is 0.349. The van der Waals surface area contributed by atoms with Gasteiger partial charge in [0.1, 0.15) is 0 Å². The van der Waals surface area contributed by atoms with Gasteiger partial charge in [-0.25, -0.2) is 0 Å². The summed E-state index contributed by atoms with van der Waals surface area (Å²) < 4.78 is 0. The van der Waals surface area contributed by atoms with Gasteiger partial charge in [-0.15, -0.1) is 0 Å². The molecule has 78 valence electrons. The van der Waals surface area contributed by atoms with Crippen LogP contribution in [0.3, 0.4) is 0 Å². The first-order valence-corrected chi connectivity index (χ1v) is 5.72. The molecule has 1 saturated carbocycles. The zero-order valence-electron chi connectivity index (χ0n) is 8.96. The lowest BCUT2D eigenvalue weighted by atomic mass is 10.0. The average molecular weight is 193 g/mol. The molecule has 1 aliphatic carbocycles. The highest BCUT2D eigenvalue weighted by Crippen LogP contribution is 2.27. The molecule has 2 nitrogen and oxygen atoms in total. The number of carbonyl (C=O) groups excluding carboxylic acids is 1. The van der Waals surface area contributed by atoms with Gasteiger partial charge in [-0.3, -0.25) is 4.79 Å². The first-order chi connectivity index (χ1) is 6.77. The lowest BCUT2D eigenvalue weighted by molar-refractivity contribution is -0.135. The van der Waals surface area contributed by atoms with Crippen LogP contribution in [0.25, 0.3) is 0 Å². The summed E-state index contributed by atoms with van der Waals surface area (Å²) in [6, 6.07) is 0. The Morgan fingerprint density at radius 3 is 2.71 bits per heavy atom. The lowest BCUT2D eigenvalue weighted by Gasteiger charge is -2.27. The van der Waals surface area contributed by atoms with E-state index in [2.05, 4.69) is 13.0 Å². The third-order valence-electron chi connectivity index (χ3n) is 3.45. The van der Waals surface area contributed by atoms with Crippen molar-refractivity contribution >= 4 is 5.91 Å². The van der Waals surface area contributed by atoms with Crippen molar-refractivity contribution in [1.29, 1.82) is 0 Å². The molecule has 14 heavy (non-hydrogen) atoms. The van der Waals surface area contributed by atoms with Crippen molar-refractivity contribution in [2.45, 2.75) is 39.0 Å². The molecule has 0 N–H and O–H groups in total. The molecule has 1 fully saturated rings. The highest BCUT2D eigenvalue weighted by molar-refractivity contribution is 5.79. The molecular formula is C12H19NO. The molecule has 0 atom stereocenters. The lowest BCUT2D eigenvalue weighted by Crippen LogP contribution is -2.38. The van der Waals surface area contributed by atoms with Gasteiger partial charge in [0.2, 0.25) is 5.91 Å². The SMILES string of the molecule is CC1=CCN(C(=O)C2CCCC2)CC1. The second-order valence-corrected chi connectivity index (χ2v) is 4.57. The maximum absolute atomic E-state index is 12.0. The molecule has 0 aromatic heterocycles. The topological polar surface area (TPSA) is 20.3 Å². The quantitative estimate of drug-likeness (QED) is 0.585. The maximum Gasteiger partial charge on any atom is 0.225 e. The van der Waals surface area contributed by atoms with E-state index in [-0.39, 0.29) is 0 Å². The molecule has 0 aromatic carbocycles. The van der Waals surface area contributed by atoms with Gasteiger partial charge in [0, 0.05) is 19.0 Å². The number of hydrogen-bond donors (Lipinski definition) is 0. The highest BCUT2D eigenvalue weighted by Gasteiger charge is 2.27. The van der Waals surface area contributed by atoms with Crippen molar-refractivity contribution in [2.24, 2.45) is 5.92 Å². The van der Waals surface area contributed by atoms with E-state index >= 15 is 0 Å². The van der Waals surface area contributed by atoms with Gasteiger partial charge in [0.05, 0.1) is 0 Å². The van der Waals surface area contributed by atoms with Crippen LogP contribution in [-0.4, -0.2) is 23.9 Å². The Labute approximate surface area is 86.0 Å². The molecule has 0 radical (unpaired) electrons. The van der Waals surface area contributed by atoms with E-state index in [4.69, 9.17) is 0 Å². The van der Waals surface area contributed by atoms with E-state index in [1.165, 1.54) is 18.4 Å². The van der Waals surface area contributed by atoms with Crippen molar-refractivity contribution in [1.82, 2.24) is 4.90 Å². The van der Waals surface area contributed by atoms with Crippen molar-refractivity contribution in [3.05, 3.63) is 11.6 Å². The average Bonchev–Trinajstić information content (AvgIpc) is 2.71. The fourth-order valence-electron chi connectivity index (χ4n) is 2.40. The molecule has 0 bridgehead atoms. The molecule has 1 aliphatic heterocycles. The summed E-state index contributed by atoms with van der Waals surface area (Å²) in [4.78, 5) is 14.0. The summed E-state index contributed by atoms with van der Waals surface area (Å²) in [6.45, 7) is 3.94. The zero-order valence-corrected chi connectivity index (χ0v) is 8.96. The summed E-state index contributed by atoms with van der Waals surface area (Å²) >= 11 is 0. The molecule has 2 aliphatic rings. The number of hydrogen-bond acceptors (Lipinski definition) is 1. The van der Waals surface area contributed by atoms with E-state index in [9.17, 15) is 4.79 Å². The van der Waals surface area contributed by atoms with Crippen molar-refractivity contribution in [3.63, 3.8) is 0 Å². The molecule has 2 heteroatoms. The van der Waals surface area contributed by atoms with Crippen LogP contribution in [0.5, 0.6) is 0 Å². The monoisotopic (exact) mass is 193 g/mol. The Hall–Kier alpha value is -0.790. The van der Waals surface area contributed by atoms with Crippen LogP contribution in [0, 0.1) is 5.92 Å². The van der Waals surface area contributed by atoms with E-state index in [0.29, 0.717) is 11.8 Å². The Bertz CT molecular complexity index is 251. The van der Waals surface area contributed by atoms with Crippen molar-refractivity contribution < 1.29 is 4.79 Å². The second-order valence-electron chi connectivity index (χ2n) is 4.57. The van der Waals surface area contributed by atoms with Crippen LogP contribution in [0.4, 0.5) is 0 Å². The van der Waals surface area contributed by atoms with E-state index in [0.717, 1.165) is 32.4 Å². The third kappa shape index (κ3) is 1.99. The van der Waals surface area contributed by atoms with Gasteiger partial charge >= 0.3 is 0 Å². The summed E-state index contributed by atoms with van der Waals surface area (Å²) in [5.74, 6) is 0.757. The maximum atomic E-state index is 12.0. The van der Waals surface area contributed by atoms with Crippen LogP contribution in [0.2, 0.25) is 0 Å². The number of amides is 1. The summed E-state index contributed by atoms with van der Waals surface area (Å²) in [7, 11) is 0. The minimum Gasteiger partial charge on any atom is -0.338 e. The van der Waals surface area contributed by atoms with Gasteiger partial charge in [-0.05, 0) is 26.2 Å². The molecule has 0 saturated heterocycles. The first-order valence-electron chi connectivity index (χ1n) is 5.72. The van der Waals surface area contributed by atoms with Crippen molar-refractivity contribution in [3.8, 4) is 0 Å². The smallest absolute Gasteiger partial charge is 0.225 e. The molecule has 0 unspecified atom stereocenters. The first kappa shape index (κ1) is 9.75. The minimum absolute atomic E-state index is 0.349. The van der Waals surface area contributed by atoms with Gasteiger partial charge in [0.25, 0.3) is 0 Å². The largest absolute Gasteiger partial charge is 0.338 e. The number of rotatable bonds is 1. The molecule has 0 spiro atoms. The fourth-order valence-corrected chi connectivity index (χ4v) is 2.40. The Kier molecular flexibility index (Phi) is 2.90. The second kappa shape index (κ2) is 4.16. The van der Waals surface area contributed by atoms with E-state index in [1.807, 2.05) is 4.90 Å². The van der Waals surface area contributed by atoms with Gasteiger partial charge in [-0.1, -0.05) is 24.5 Å². The predicted molar refractivity (Wildman–Crippen MR) is 56.9 cm³/mol. The normalized spacial score (nSPS) is 23.8. The number of nitrogens with zero attached hydrogens (tertiary/aromatic N) is 1. The van der Waals surface area contributed by atoms with Crippen LogP contribution >= 0.6 is 0 Å². The van der Waals surface area contributed by atoms with Crippen molar-refractivity contribution in [2.75, 3.05) is 13.1 Å². The predicted octanol–water partition coefficient (Wildman–Crippen LogP) is 2.36. The van der Waals surface area contributed by atoms with E-state index < -0.39 is 0 Å². The van der Waals surface area contributed by atoms with Gasteiger partial charge < -0.3 is 4.90 Å². The van der Waals surface area contributed by atoms with Gasteiger partial charge in [0.15, 0.2) is 0 Å². The van der Waals surface area contributed by atoms with Gasteiger partial charge in [-0.2, -0.15) is 0 Å². The summed E-state index contributed by atoms with van der Waals surface area (Å²) in [6.07, 6.45) is 8.00. The Morgan fingerprint density at radius 2 is 2.14 bits per heavy atom. The summed E-state index contributed by atoms with van der Waals surface area (Å²) in [5, 5.41) is 0. The standard InChI is InChI=1S/C12H19NO/c1-10-6-8-13(9-7-10)12(14)11-4-2-3-5-11/h6,11H,2-5,7-9H2,1H3. The Morgan fingerprint density at radius 1 is 1.43 bits per heavy atom. The fraction of sp³-hybridized carbons (Fsp3) is 0.750. The molecule has 2 rings (SSSR count). The Balaban J connectivity index is 1.92. The molecular weight excluding hydrogens is 174 g/mol. The van der Waals surface area contributed by atoms with Crippen LogP contribution in [0.1, 0.15) is 39.0 Å². The third-order valence-corrected chi connectivity index (χ3v) is 3.45. The van der Waals surface area contributed by atoms with Crippen LogP contribution in [-0.2, 0) is 4.79 Å².